The quantitative estimate of drug-likeness (QED) is 0.632. The monoisotopic (exact) mass is 202 g/mol. The van der Waals surface area contributed by atoms with Crippen LogP contribution in [0.3, 0.4) is 0 Å². The van der Waals surface area contributed by atoms with E-state index in [1.807, 2.05) is 6.92 Å². The molecule has 0 saturated heterocycles. The molecule has 3 heteroatoms. The van der Waals surface area contributed by atoms with Gasteiger partial charge in [0.15, 0.2) is 0 Å². The molecule has 0 aliphatic rings. The van der Waals surface area contributed by atoms with E-state index in [-0.39, 0.29) is 12.3 Å². The highest BCUT2D eigenvalue weighted by Crippen LogP contribution is 2.10. The number of nitrogens with zero attached hydrogens (tertiary/aromatic N) is 2. The van der Waals surface area contributed by atoms with Crippen LogP contribution in [0, 0.1) is 0 Å². The zero-order valence-corrected chi connectivity index (χ0v) is 10.3. The summed E-state index contributed by atoms with van der Waals surface area (Å²) >= 11 is 0. The smallest absolute Gasteiger partial charge is 0.0887 e. The first kappa shape index (κ1) is 13.9. The van der Waals surface area contributed by atoms with Gasteiger partial charge in [-0.3, -0.25) is 9.80 Å². The normalized spacial score (nSPS) is 14.4. The van der Waals surface area contributed by atoms with E-state index in [1.165, 1.54) is 0 Å². The minimum absolute atomic E-state index is 0.167. The number of likely N-dealkylation sites (N-methyl/N-ethyl adjacent to an activating group) is 2. The summed E-state index contributed by atoms with van der Waals surface area (Å²) in [7, 11) is 0. The molecule has 0 aromatic heterocycles. The molecule has 1 unspecified atom stereocenters. The molecule has 0 fully saturated rings. The molecule has 0 aliphatic carbocycles. The summed E-state index contributed by atoms with van der Waals surface area (Å²) in [4.78, 5) is 4.61. The van der Waals surface area contributed by atoms with E-state index in [4.69, 9.17) is 0 Å². The number of rotatable bonds is 7. The largest absolute Gasteiger partial charge is 0.390 e. The van der Waals surface area contributed by atoms with E-state index in [9.17, 15) is 5.11 Å². The van der Waals surface area contributed by atoms with Gasteiger partial charge in [-0.1, -0.05) is 27.7 Å². The Morgan fingerprint density at radius 3 is 1.29 bits per heavy atom. The predicted octanol–water partition coefficient (Wildman–Crippen LogP) is 1.38. The molecule has 0 aliphatic heterocycles. The summed E-state index contributed by atoms with van der Waals surface area (Å²) in [6.07, 6.45) is -0.130. The van der Waals surface area contributed by atoms with Gasteiger partial charge < -0.3 is 5.11 Å². The molecule has 0 amide bonds. The van der Waals surface area contributed by atoms with Crippen LogP contribution in [0.15, 0.2) is 0 Å². The van der Waals surface area contributed by atoms with E-state index in [2.05, 4.69) is 37.5 Å². The molecule has 0 rings (SSSR count). The Morgan fingerprint density at radius 1 is 0.857 bits per heavy atom. The van der Waals surface area contributed by atoms with Crippen LogP contribution in [0.2, 0.25) is 0 Å². The maximum absolute atomic E-state index is 9.79. The highest BCUT2D eigenvalue weighted by Gasteiger charge is 2.25. The first-order valence-corrected chi connectivity index (χ1v) is 5.78. The lowest BCUT2D eigenvalue weighted by molar-refractivity contribution is -0.0316. The summed E-state index contributed by atoms with van der Waals surface area (Å²) in [6.45, 7) is 14.4. The van der Waals surface area contributed by atoms with Gasteiger partial charge in [0, 0.05) is 0 Å². The molecule has 1 N–H and O–H groups in total. The Hall–Kier alpha value is -0.120. The first-order valence-electron chi connectivity index (χ1n) is 5.78. The third-order valence-corrected chi connectivity index (χ3v) is 2.80. The fraction of sp³-hybridized carbons (Fsp3) is 1.00. The fourth-order valence-electron chi connectivity index (χ4n) is 2.04. The first-order chi connectivity index (χ1) is 6.62. The number of aliphatic hydroxyl groups is 1. The Labute approximate surface area is 88.7 Å². The Morgan fingerprint density at radius 2 is 1.14 bits per heavy atom. The van der Waals surface area contributed by atoms with Crippen molar-refractivity contribution in [3.05, 3.63) is 0 Å². The third kappa shape index (κ3) is 3.56. The molecule has 3 nitrogen and oxygen atoms in total. The molecule has 0 bridgehead atoms. The number of hydrogen-bond acceptors (Lipinski definition) is 3. The van der Waals surface area contributed by atoms with E-state index >= 15 is 0 Å². The standard InChI is InChI=1S/C11H26N2O/c1-6-12(7-2)11(10(5)14)13(8-3)9-4/h10-11,14H,6-9H2,1-5H3. The summed E-state index contributed by atoms with van der Waals surface area (Å²) in [5.74, 6) is 0. The molecule has 0 radical (unpaired) electrons. The molecule has 14 heavy (non-hydrogen) atoms. The third-order valence-electron chi connectivity index (χ3n) is 2.80. The predicted molar refractivity (Wildman–Crippen MR) is 61.3 cm³/mol. The van der Waals surface area contributed by atoms with Gasteiger partial charge in [0.05, 0.1) is 12.3 Å². The van der Waals surface area contributed by atoms with Crippen LogP contribution in [0.4, 0.5) is 0 Å². The molecule has 0 spiro atoms. The van der Waals surface area contributed by atoms with Crippen molar-refractivity contribution in [2.75, 3.05) is 26.2 Å². The summed E-state index contributed by atoms with van der Waals surface area (Å²) in [5, 5.41) is 9.79. The van der Waals surface area contributed by atoms with Crippen LogP contribution in [0.5, 0.6) is 0 Å². The van der Waals surface area contributed by atoms with Crippen LogP contribution in [0.1, 0.15) is 34.6 Å². The molecule has 1 atom stereocenters. The minimum atomic E-state index is -0.296. The van der Waals surface area contributed by atoms with E-state index in [1.54, 1.807) is 0 Å². The molecular formula is C11H26N2O. The SMILES string of the molecule is CCN(CC)C(C(C)O)N(CC)CC. The van der Waals surface area contributed by atoms with Crippen LogP contribution in [-0.4, -0.2) is 53.4 Å². The maximum atomic E-state index is 9.79. The van der Waals surface area contributed by atoms with E-state index in [0.717, 1.165) is 26.2 Å². The maximum Gasteiger partial charge on any atom is 0.0887 e. The second kappa shape index (κ2) is 7.21. The molecular weight excluding hydrogens is 176 g/mol. The highest BCUT2D eigenvalue weighted by atomic mass is 16.3. The number of hydrogen-bond donors (Lipinski definition) is 1. The van der Waals surface area contributed by atoms with E-state index in [0.29, 0.717) is 0 Å². The summed E-state index contributed by atoms with van der Waals surface area (Å²) in [5.41, 5.74) is 0. The van der Waals surface area contributed by atoms with Crippen molar-refractivity contribution in [3.63, 3.8) is 0 Å². The topological polar surface area (TPSA) is 26.7 Å². The second-order valence-electron chi connectivity index (χ2n) is 3.60. The average molecular weight is 202 g/mol. The molecule has 0 saturated carbocycles. The van der Waals surface area contributed by atoms with Gasteiger partial charge in [0.2, 0.25) is 0 Å². The molecule has 0 aromatic rings. The Bertz CT molecular complexity index is 119. The van der Waals surface area contributed by atoms with Gasteiger partial charge in [-0.05, 0) is 33.1 Å². The Kier molecular flexibility index (Phi) is 7.15. The van der Waals surface area contributed by atoms with Crippen molar-refractivity contribution < 1.29 is 5.11 Å². The lowest BCUT2D eigenvalue weighted by Gasteiger charge is -2.39. The van der Waals surface area contributed by atoms with Crippen LogP contribution < -0.4 is 0 Å². The van der Waals surface area contributed by atoms with Gasteiger partial charge in [-0.2, -0.15) is 0 Å². The van der Waals surface area contributed by atoms with Gasteiger partial charge in [0.1, 0.15) is 0 Å². The van der Waals surface area contributed by atoms with Gasteiger partial charge >= 0.3 is 0 Å². The van der Waals surface area contributed by atoms with Crippen LogP contribution in [-0.2, 0) is 0 Å². The van der Waals surface area contributed by atoms with Crippen molar-refractivity contribution in [2.24, 2.45) is 0 Å². The lowest BCUT2D eigenvalue weighted by Crippen LogP contribution is -2.54. The molecule has 0 heterocycles. The minimum Gasteiger partial charge on any atom is -0.390 e. The fourth-order valence-corrected chi connectivity index (χ4v) is 2.04. The lowest BCUT2D eigenvalue weighted by atomic mass is 10.2. The van der Waals surface area contributed by atoms with E-state index < -0.39 is 0 Å². The van der Waals surface area contributed by atoms with Gasteiger partial charge in [0.25, 0.3) is 0 Å². The molecule has 0 aromatic carbocycles. The zero-order chi connectivity index (χ0) is 11.1. The Balaban J connectivity index is 4.54. The van der Waals surface area contributed by atoms with Crippen LogP contribution in [0.25, 0.3) is 0 Å². The van der Waals surface area contributed by atoms with Crippen molar-refractivity contribution in [1.82, 2.24) is 9.80 Å². The van der Waals surface area contributed by atoms with Gasteiger partial charge in [-0.25, -0.2) is 0 Å². The summed E-state index contributed by atoms with van der Waals surface area (Å²) in [6, 6.07) is 0. The van der Waals surface area contributed by atoms with Crippen molar-refractivity contribution in [1.29, 1.82) is 0 Å². The highest BCUT2D eigenvalue weighted by molar-refractivity contribution is 4.75. The van der Waals surface area contributed by atoms with Gasteiger partial charge in [-0.15, -0.1) is 0 Å². The number of aliphatic hydroxyl groups excluding tert-OH is 1. The molecule has 86 valence electrons. The average Bonchev–Trinajstić information content (AvgIpc) is 2.18. The van der Waals surface area contributed by atoms with Crippen LogP contribution >= 0.6 is 0 Å². The second-order valence-corrected chi connectivity index (χ2v) is 3.60. The van der Waals surface area contributed by atoms with Crippen molar-refractivity contribution >= 4 is 0 Å². The summed E-state index contributed by atoms with van der Waals surface area (Å²) < 4.78 is 0. The zero-order valence-electron chi connectivity index (χ0n) is 10.3. The van der Waals surface area contributed by atoms with Crippen molar-refractivity contribution in [2.45, 2.75) is 46.9 Å². The van der Waals surface area contributed by atoms with Crippen molar-refractivity contribution in [3.8, 4) is 0 Å².